The van der Waals surface area contributed by atoms with Gasteiger partial charge >= 0.3 is 0 Å². The molecule has 0 radical (unpaired) electrons. The SMILES string of the molecule is Cc1ccc(-c2c/c(=N\c3sc4c(c3C#N)CCCC4)c3cc(C)ccc3o2)cc1. The Hall–Kier alpha value is -3.16. The molecule has 1 aliphatic rings. The molecule has 4 heteroatoms. The van der Waals surface area contributed by atoms with Crippen LogP contribution in [0.3, 0.4) is 0 Å². The molecule has 2 aromatic carbocycles. The number of nitrogens with zero attached hydrogens (tertiary/aromatic N) is 2. The van der Waals surface area contributed by atoms with Gasteiger partial charge in [0.25, 0.3) is 0 Å². The first-order valence-corrected chi connectivity index (χ1v) is 11.1. The van der Waals surface area contributed by atoms with Crippen molar-refractivity contribution in [3.8, 4) is 17.4 Å². The van der Waals surface area contributed by atoms with Crippen molar-refractivity contribution in [2.75, 3.05) is 0 Å². The van der Waals surface area contributed by atoms with Gasteiger partial charge in [-0.3, -0.25) is 0 Å². The standard InChI is InChI=1S/C26H22N2OS/c1-16-7-10-18(11-8-16)24-14-22(20-13-17(2)9-12-23(20)29-24)28-26-21(15-27)19-5-3-4-6-25(19)30-26/h7-14H,3-6H2,1-2H3/b28-22+. The van der Waals surface area contributed by atoms with Crippen LogP contribution < -0.4 is 5.36 Å². The fourth-order valence-electron chi connectivity index (χ4n) is 4.09. The van der Waals surface area contributed by atoms with Gasteiger partial charge in [-0.05, 0) is 57.2 Å². The van der Waals surface area contributed by atoms with E-state index in [0.29, 0.717) is 0 Å². The third kappa shape index (κ3) is 3.36. The summed E-state index contributed by atoms with van der Waals surface area (Å²) in [5, 5.41) is 12.5. The van der Waals surface area contributed by atoms with Gasteiger partial charge in [-0.2, -0.15) is 5.26 Å². The molecular formula is C26H22N2OS. The average Bonchev–Trinajstić information content (AvgIpc) is 3.11. The van der Waals surface area contributed by atoms with Gasteiger partial charge < -0.3 is 4.42 Å². The summed E-state index contributed by atoms with van der Waals surface area (Å²) in [7, 11) is 0. The number of rotatable bonds is 2. The Morgan fingerprint density at radius 3 is 2.53 bits per heavy atom. The van der Waals surface area contributed by atoms with Crippen molar-refractivity contribution in [2.24, 2.45) is 4.99 Å². The molecular weight excluding hydrogens is 388 g/mol. The number of thiophene rings is 1. The summed E-state index contributed by atoms with van der Waals surface area (Å²) in [6.07, 6.45) is 4.40. The van der Waals surface area contributed by atoms with Crippen molar-refractivity contribution in [2.45, 2.75) is 39.5 Å². The van der Waals surface area contributed by atoms with Gasteiger partial charge in [0, 0.05) is 21.9 Å². The van der Waals surface area contributed by atoms with Crippen molar-refractivity contribution < 1.29 is 4.42 Å². The van der Waals surface area contributed by atoms with Crippen molar-refractivity contribution in [1.82, 2.24) is 0 Å². The van der Waals surface area contributed by atoms with E-state index < -0.39 is 0 Å². The Morgan fingerprint density at radius 2 is 1.73 bits per heavy atom. The van der Waals surface area contributed by atoms with E-state index in [9.17, 15) is 5.26 Å². The monoisotopic (exact) mass is 410 g/mol. The minimum absolute atomic E-state index is 0.758. The number of benzene rings is 2. The molecule has 0 saturated heterocycles. The number of nitriles is 1. The largest absolute Gasteiger partial charge is 0.456 e. The normalized spacial score (nSPS) is 14.0. The van der Waals surface area contributed by atoms with Gasteiger partial charge in [0.15, 0.2) is 0 Å². The van der Waals surface area contributed by atoms with Crippen LogP contribution >= 0.6 is 11.3 Å². The molecule has 1 aliphatic carbocycles. The summed E-state index contributed by atoms with van der Waals surface area (Å²) in [6, 6.07) is 18.9. The van der Waals surface area contributed by atoms with E-state index in [4.69, 9.17) is 9.41 Å². The van der Waals surface area contributed by atoms with E-state index in [2.05, 4.69) is 56.3 Å². The van der Waals surface area contributed by atoms with Gasteiger partial charge in [0.1, 0.15) is 22.4 Å². The van der Waals surface area contributed by atoms with E-state index in [0.717, 1.165) is 63.0 Å². The molecule has 4 aromatic rings. The molecule has 2 heterocycles. The summed E-state index contributed by atoms with van der Waals surface area (Å²) in [6.45, 7) is 4.15. The zero-order valence-corrected chi connectivity index (χ0v) is 18.0. The first-order valence-electron chi connectivity index (χ1n) is 10.3. The third-order valence-corrected chi connectivity index (χ3v) is 6.91. The molecule has 0 spiro atoms. The molecule has 0 atom stereocenters. The average molecular weight is 411 g/mol. The maximum Gasteiger partial charge on any atom is 0.136 e. The van der Waals surface area contributed by atoms with Crippen LogP contribution in [-0.2, 0) is 12.8 Å². The van der Waals surface area contributed by atoms with Crippen LogP contribution in [0.5, 0.6) is 0 Å². The molecule has 0 N–H and O–H groups in total. The van der Waals surface area contributed by atoms with Crippen LogP contribution in [0, 0.1) is 25.2 Å². The van der Waals surface area contributed by atoms with Crippen molar-refractivity contribution in [3.63, 3.8) is 0 Å². The zero-order chi connectivity index (χ0) is 20.7. The van der Waals surface area contributed by atoms with Crippen LogP contribution in [0.15, 0.2) is 57.9 Å². The van der Waals surface area contributed by atoms with E-state index in [1.54, 1.807) is 11.3 Å². The Morgan fingerprint density at radius 1 is 0.967 bits per heavy atom. The molecule has 0 amide bonds. The highest BCUT2D eigenvalue weighted by Crippen LogP contribution is 2.39. The van der Waals surface area contributed by atoms with Crippen molar-refractivity contribution in [1.29, 1.82) is 5.26 Å². The number of hydrogen-bond acceptors (Lipinski definition) is 4. The Bertz CT molecular complexity index is 1370. The maximum absolute atomic E-state index is 9.84. The highest BCUT2D eigenvalue weighted by Gasteiger charge is 2.20. The Kier molecular flexibility index (Phi) is 4.77. The second kappa shape index (κ2) is 7.59. The van der Waals surface area contributed by atoms with Gasteiger partial charge in [-0.25, -0.2) is 4.99 Å². The minimum atomic E-state index is 0.758. The van der Waals surface area contributed by atoms with Gasteiger partial charge in [-0.15, -0.1) is 11.3 Å². The number of fused-ring (bicyclic) bond motifs is 2. The lowest BCUT2D eigenvalue weighted by molar-refractivity contribution is 0.618. The molecule has 0 unspecified atom stereocenters. The smallest absolute Gasteiger partial charge is 0.136 e. The third-order valence-electron chi connectivity index (χ3n) is 5.72. The van der Waals surface area contributed by atoms with Crippen LogP contribution in [0.25, 0.3) is 22.3 Å². The first kappa shape index (κ1) is 18.8. The topological polar surface area (TPSA) is 49.3 Å². The number of hydrogen-bond donors (Lipinski definition) is 0. The Balaban J connectivity index is 1.77. The fraction of sp³-hybridized carbons (Fsp3) is 0.231. The van der Waals surface area contributed by atoms with Crippen LogP contribution in [0.1, 0.15) is 40.0 Å². The van der Waals surface area contributed by atoms with E-state index in [-0.39, 0.29) is 0 Å². The van der Waals surface area contributed by atoms with Crippen molar-refractivity contribution in [3.05, 3.63) is 81.0 Å². The second-order valence-corrected chi connectivity index (χ2v) is 9.06. The lowest BCUT2D eigenvalue weighted by atomic mass is 9.96. The lowest BCUT2D eigenvalue weighted by Gasteiger charge is -2.09. The summed E-state index contributed by atoms with van der Waals surface area (Å²) >= 11 is 1.68. The summed E-state index contributed by atoms with van der Waals surface area (Å²) < 4.78 is 6.24. The summed E-state index contributed by atoms with van der Waals surface area (Å²) in [5.41, 5.74) is 6.16. The second-order valence-electron chi connectivity index (χ2n) is 7.98. The van der Waals surface area contributed by atoms with Gasteiger partial charge in [0.05, 0.1) is 10.9 Å². The molecule has 30 heavy (non-hydrogen) atoms. The van der Waals surface area contributed by atoms with Crippen LogP contribution in [-0.4, -0.2) is 0 Å². The summed E-state index contributed by atoms with van der Waals surface area (Å²) in [4.78, 5) is 6.36. The van der Waals surface area contributed by atoms with E-state index in [1.165, 1.54) is 22.4 Å². The van der Waals surface area contributed by atoms with Crippen LogP contribution in [0.2, 0.25) is 0 Å². The molecule has 0 aliphatic heterocycles. The van der Waals surface area contributed by atoms with Crippen molar-refractivity contribution >= 4 is 27.3 Å². The van der Waals surface area contributed by atoms with Gasteiger partial charge in [0.2, 0.25) is 0 Å². The van der Waals surface area contributed by atoms with E-state index >= 15 is 0 Å². The molecule has 148 valence electrons. The molecule has 0 fully saturated rings. The highest BCUT2D eigenvalue weighted by atomic mass is 32.1. The van der Waals surface area contributed by atoms with E-state index in [1.807, 2.05) is 12.1 Å². The lowest BCUT2D eigenvalue weighted by Crippen LogP contribution is -2.03. The zero-order valence-electron chi connectivity index (χ0n) is 17.2. The molecule has 0 saturated carbocycles. The van der Waals surface area contributed by atoms with Gasteiger partial charge in [-0.1, -0.05) is 41.5 Å². The number of aryl methyl sites for hydroxylation is 3. The maximum atomic E-state index is 9.84. The Labute approximate surface area is 180 Å². The fourth-order valence-corrected chi connectivity index (χ4v) is 5.31. The predicted octanol–water partition coefficient (Wildman–Crippen LogP) is 6.76. The highest BCUT2D eigenvalue weighted by molar-refractivity contribution is 7.16. The predicted molar refractivity (Wildman–Crippen MR) is 122 cm³/mol. The molecule has 0 bridgehead atoms. The molecule has 3 nitrogen and oxygen atoms in total. The first-order chi connectivity index (χ1) is 14.6. The minimum Gasteiger partial charge on any atom is -0.456 e. The molecule has 5 rings (SSSR count). The van der Waals surface area contributed by atoms with Crippen LogP contribution in [0.4, 0.5) is 5.00 Å². The molecule has 2 aromatic heterocycles. The quantitative estimate of drug-likeness (QED) is 0.366. The summed E-state index contributed by atoms with van der Waals surface area (Å²) in [5.74, 6) is 0.782.